The molecule has 1 aromatic carbocycles. The number of thiophene rings is 1. The van der Waals surface area contributed by atoms with E-state index in [1.54, 1.807) is 11.4 Å². The summed E-state index contributed by atoms with van der Waals surface area (Å²) in [6.07, 6.45) is -0.0298. The molecule has 0 radical (unpaired) electrons. The molecule has 0 aliphatic rings. The maximum Gasteiger partial charge on any atom is 0.358 e. The lowest BCUT2D eigenvalue weighted by Crippen LogP contribution is -2.22. The minimum atomic E-state index is -1.30. The first-order valence-corrected chi connectivity index (χ1v) is 8.56. The molecule has 0 saturated carbocycles. The van der Waals surface area contributed by atoms with Gasteiger partial charge in [-0.2, -0.15) is 0 Å². The smallest absolute Gasteiger partial charge is 0.358 e. The number of carbonyl (C=O) groups excluding carboxylic acids is 2. The Labute approximate surface area is 156 Å². The molecule has 0 bridgehead atoms. The number of ether oxygens (including phenoxy) is 2. The van der Waals surface area contributed by atoms with Gasteiger partial charge in [-0.3, -0.25) is 0 Å². The van der Waals surface area contributed by atoms with Crippen molar-refractivity contribution < 1.29 is 19.1 Å². The molecule has 0 aliphatic carbocycles. The summed E-state index contributed by atoms with van der Waals surface area (Å²) in [6, 6.07) is 6.19. The number of esters is 2. The summed E-state index contributed by atoms with van der Waals surface area (Å²) in [5, 5.41) is 2.88. The summed E-state index contributed by atoms with van der Waals surface area (Å²) in [6.45, 7) is 0. The van der Waals surface area contributed by atoms with Gasteiger partial charge >= 0.3 is 11.9 Å². The van der Waals surface area contributed by atoms with Crippen LogP contribution in [0, 0.1) is 0 Å². The molecule has 1 atom stereocenters. The van der Waals surface area contributed by atoms with Gasteiger partial charge in [0.1, 0.15) is 11.2 Å². The van der Waals surface area contributed by atoms with E-state index in [2.05, 4.69) is 9.97 Å². The van der Waals surface area contributed by atoms with Gasteiger partial charge in [0.2, 0.25) is 6.10 Å². The Kier molecular flexibility index (Phi) is 5.17. The van der Waals surface area contributed by atoms with Crippen LogP contribution >= 0.6 is 34.5 Å². The van der Waals surface area contributed by atoms with Gasteiger partial charge in [0.05, 0.1) is 17.2 Å². The van der Waals surface area contributed by atoms with Crippen molar-refractivity contribution in [2.75, 3.05) is 7.11 Å². The molecule has 2 heterocycles. The molecule has 9 heteroatoms. The molecule has 0 spiro atoms. The Hall–Kier alpha value is -2.22. The van der Waals surface area contributed by atoms with Gasteiger partial charge in [-0.25, -0.2) is 19.6 Å². The number of hydrogen-bond donors (Lipinski definition) is 0. The van der Waals surface area contributed by atoms with Gasteiger partial charge in [0.15, 0.2) is 5.69 Å². The number of rotatable bonds is 4. The number of hydrogen-bond acceptors (Lipinski definition) is 7. The van der Waals surface area contributed by atoms with E-state index in [4.69, 9.17) is 32.7 Å². The van der Waals surface area contributed by atoms with E-state index in [-0.39, 0.29) is 10.7 Å². The van der Waals surface area contributed by atoms with E-state index < -0.39 is 18.0 Å². The third-order valence-electron chi connectivity index (χ3n) is 3.34. The molecule has 0 amide bonds. The number of nitrogens with zero attached hydrogens (tertiary/aromatic N) is 2. The molecule has 0 fully saturated rings. The Bertz CT molecular complexity index is 960. The molecule has 6 nitrogen and oxygen atoms in total. The highest BCUT2D eigenvalue weighted by molar-refractivity contribution is 7.16. The van der Waals surface area contributed by atoms with E-state index in [1.807, 2.05) is 0 Å². The van der Waals surface area contributed by atoms with Crippen LogP contribution < -0.4 is 0 Å². The molecule has 3 aromatic rings. The number of aromatic nitrogens is 2. The van der Waals surface area contributed by atoms with Crippen LogP contribution in [0.1, 0.15) is 22.2 Å². The minimum absolute atomic E-state index is 0.0696. The van der Waals surface area contributed by atoms with Gasteiger partial charge in [-0.05, 0) is 23.6 Å². The zero-order valence-electron chi connectivity index (χ0n) is 12.7. The fourth-order valence-corrected chi connectivity index (χ4v) is 3.19. The SMILES string of the molecule is COC(=O)C(OC(=O)c1ncnc2sccc12)c1ccc(Cl)c(Cl)c1. The summed E-state index contributed by atoms with van der Waals surface area (Å²) in [4.78, 5) is 33.3. The Morgan fingerprint density at radius 3 is 2.68 bits per heavy atom. The molecule has 128 valence electrons. The van der Waals surface area contributed by atoms with E-state index in [9.17, 15) is 9.59 Å². The van der Waals surface area contributed by atoms with Crippen molar-refractivity contribution in [2.24, 2.45) is 0 Å². The van der Waals surface area contributed by atoms with Gasteiger partial charge in [-0.1, -0.05) is 29.3 Å². The van der Waals surface area contributed by atoms with Crippen LogP contribution in [0.3, 0.4) is 0 Å². The van der Waals surface area contributed by atoms with Crippen molar-refractivity contribution in [3.8, 4) is 0 Å². The highest BCUT2D eigenvalue weighted by atomic mass is 35.5. The predicted molar refractivity (Wildman–Crippen MR) is 94.0 cm³/mol. The number of halogens is 2. The number of fused-ring (bicyclic) bond motifs is 1. The molecular weight excluding hydrogens is 387 g/mol. The largest absolute Gasteiger partial charge is 0.466 e. The van der Waals surface area contributed by atoms with Gasteiger partial charge in [0, 0.05) is 10.9 Å². The van der Waals surface area contributed by atoms with E-state index >= 15 is 0 Å². The van der Waals surface area contributed by atoms with Crippen molar-refractivity contribution in [1.29, 1.82) is 0 Å². The van der Waals surface area contributed by atoms with E-state index in [0.717, 1.165) is 0 Å². The van der Waals surface area contributed by atoms with Crippen LogP contribution in [0.4, 0.5) is 0 Å². The average Bonchev–Trinajstić information content (AvgIpc) is 3.10. The van der Waals surface area contributed by atoms with Gasteiger partial charge < -0.3 is 9.47 Å². The number of carbonyl (C=O) groups is 2. The number of methoxy groups -OCH3 is 1. The van der Waals surface area contributed by atoms with Crippen molar-refractivity contribution in [2.45, 2.75) is 6.10 Å². The van der Waals surface area contributed by atoms with Crippen LogP contribution in [-0.2, 0) is 14.3 Å². The molecule has 2 aromatic heterocycles. The zero-order chi connectivity index (χ0) is 18.0. The second-order valence-electron chi connectivity index (χ2n) is 4.84. The lowest BCUT2D eigenvalue weighted by molar-refractivity contribution is -0.151. The normalized spacial score (nSPS) is 12.0. The minimum Gasteiger partial charge on any atom is -0.466 e. The van der Waals surface area contributed by atoms with Crippen molar-refractivity contribution >= 4 is 56.7 Å². The summed E-state index contributed by atoms with van der Waals surface area (Å²) >= 11 is 13.2. The molecule has 0 saturated heterocycles. The molecule has 1 unspecified atom stereocenters. The monoisotopic (exact) mass is 396 g/mol. The van der Waals surface area contributed by atoms with E-state index in [1.165, 1.54) is 43.0 Å². The molecule has 25 heavy (non-hydrogen) atoms. The Morgan fingerprint density at radius 1 is 1.16 bits per heavy atom. The van der Waals surface area contributed by atoms with E-state index in [0.29, 0.717) is 20.8 Å². The standard InChI is InChI=1S/C16H10Cl2N2O4S/c1-23-16(22)13(8-2-3-10(17)11(18)6-8)24-15(21)12-9-4-5-25-14(9)20-7-19-12/h2-7,13H,1H3. The summed E-state index contributed by atoms with van der Waals surface area (Å²) < 4.78 is 10.1. The topological polar surface area (TPSA) is 78.4 Å². The molecular formula is C16H10Cl2N2O4S. The van der Waals surface area contributed by atoms with Crippen molar-refractivity contribution in [3.05, 3.63) is 57.3 Å². The highest BCUT2D eigenvalue weighted by Gasteiger charge is 2.28. The summed E-state index contributed by atoms with van der Waals surface area (Å²) in [5.74, 6) is -1.52. The van der Waals surface area contributed by atoms with Crippen LogP contribution in [0.25, 0.3) is 10.2 Å². The van der Waals surface area contributed by atoms with Crippen LogP contribution in [-0.4, -0.2) is 29.0 Å². The first-order chi connectivity index (χ1) is 12.0. The summed E-state index contributed by atoms with van der Waals surface area (Å²) in [7, 11) is 1.20. The van der Waals surface area contributed by atoms with Gasteiger partial charge in [0.25, 0.3) is 0 Å². The lowest BCUT2D eigenvalue weighted by atomic mass is 10.1. The first-order valence-electron chi connectivity index (χ1n) is 6.93. The molecule has 0 aliphatic heterocycles. The fourth-order valence-electron chi connectivity index (χ4n) is 2.15. The van der Waals surface area contributed by atoms with Crippen LogP contribution in [0.15, 0.2) is 36.0 Å². The third-order valence-corrected chi connectivity index (χ3v) is 4.90. The predicted octanol–water partition coefficient (Wildman–Crippen LogP) is 4.07. The Morgan fingerprint density at radius 2 is 1.96 bits per heavy atom. The molecule has 3 rings (SSSR count). The average molecular weight is 397 g/mol. The van der Waals surface area contributed by atoms with Crippen molar-refractivity contribution in [3.63, 3.8) is 0 Å². The number of benzene rings is 1. The second kappa shape index (κ2) is 7.35. The lowest BCUT2D eigenvalue weighted by Gasteiger charge is -2.16. The summed E-state index contributed by atoms with van der Waals surface area (Å²) in [5.41, 5.74) is 0.408. The van der Waals surface area contributed by atoms with Crippen LogP contribution in [0.5, 0.6) is 0 Å². The Balaban J connectivity index is 1.95. The zero-order valence-corrected chi connectivity index (χ0v) is 15.1. The maximum absolute atomic E-state index is 12.5. The third kappa shape index (κ3) is 3.58. The van der Waals surface area contributed by atoms with Crippen LogP contribution in [0.2, 0.25) is 10.0 Å². The quantitative estimate of drug-likeness (QED) is 0.618. The highest BCUT2D eigenvalue weighted by Crippen LogP contribution is 2.29. The second-order valence-corrected chi connectivity index (χ2v) is 6.55. The maximum atomic E-state index is 12.5. The van der Waals surface area contributed by atoms with Gasteiger partial charge in [-0.15, -0.1) is 11.3 Å². The first kappa shape index (κ1) is 17.6. The molecule has 0 N–H and O–H groups in total. The van der Waals surface area contributed by atoms with Crippen molar-refractivity contribution in [1.82, 2.24) is 9.97 Å². The fraction of sp³-hybridized carbons (Fsp3) is 0.125.